The zero-order valence-corrected chi connectivity index (χ0v) is 20.5. The molecule has 34 heavy (non-hydrogen) atoms. The van der Waals surface area contributed by atoms with E-state index in [9.17, 15) is 14.7 Å². The quantitative estimate of drug-likeness (QED) is 0.663. The second-order valence-electron chi connectivity index (χ2n) is 10.8. The summed E-state index contributed by atoms with van der Waals surface area (Å²) in [5.41, 5.74) is 3.46. The Morgan fingerprint density at radius 2 is 1.82 bits per heavy atom. The van der Waals surface area contributed by atoms with Crippen molar-refractivity contribution in [2.45, 2.75) is 77.9 Å². The molecule has 180 valence electrons. The monoisotopic (exact) mass is 463 g/mol. The van der Waals surface area contributed by atoms with Gasteiger partial charge in [-0.25, -0.2) is 4.79 Å². The van der Waals surface area contributed by atoms with Gasteiger partial charge in [-0.2, -0.15) is 10.4 Å². The molecule has 0 bridgehead atoms. The topological polar surface area (TPSA) is 111 Å². The molecule has 1 aliphatic heterocycles. The number of carboxylic acid groups (broad SMARTS) is 1. The number of nitrogens with one attached hydrogen (secondary N) is 1. The molecule has 0 spiro atoms. The summed E-state index contributed by atoms with van der Waals surface area (Å²) in [7, 11) is 0. The average Bonchev–Trinajstić information content (AvgIpc) is 3.38. The van der Waals surface area contributed by atoms with E-state index in [1.54, 1.807) is 16.8 Å². The number of aromatic nitrogens is 2. The van der Waals surface area contributed by atoms with Crippen molar-refractivity contribution in [1.29, 1.82) is 5.26 Å². The van der Waals surface area contributed by atoms with Crippen LogP contribution < -0.4 is 5.32 Å². The molecule has 2 heterocycles. The van der Waals surface area contributed by atoms with Crippen LogP contribution >= 0.6 is 0 Å². The summed E-state index contributed by atoms with van der Waals surface area (Å²) in [6.07, 6.45) is 1.64. The van der Waals surface area contributed by atoms with Gasteiger partial charge in [0.15, 0.2) is 0 Å². The Hall–Kier alpha value is -3.34. The minimum Gasteiger partial charge on any atom is -0.465 e. The van der Waals surface area contributed by atoms with E-state index in [2.05, 4.69) is 11.4 Å². The Morgan fingerprint density at radius 3 is 2.32 bits per heavy atom. The van der Waals surface area contributed by atoms with Crippen molar-refractivity contribution in [3.05, 3.63) is 41.1 Å². The largest absolute Gasteiger partial charge is 0.465 e. The maximum atomic E-state index is 13.8. The highest BCUT2D eigenvalue weighted by molar-refractivity contribution is 5.96. The molecule has 2 fully saturated rings. The Kier molecular flexibility index (Phi) is 6.15. The smallest absolute Gasteiger partial charge is 0.407 e. The summed E-state index contributed by atoms with van der Waals surface area (Å²) in [5.74, 6) is 0.0749. The van der Waals surface area contributed by atoms with Crippen LogP contribution in [0.3, 0.4) is 0 Å². The lowest BCUT2D eigenvalue weighted by Gasteiger charge is -2.37. The van der Waals surface area contributed by atoms with Crippen molar-refractivity contribution < 1.29 is 14.7 Å². The Labute approximate surface area is 200 Å². The Bertz CT molecular complexity index is 1130. The van der Waals surface area contributed by atoms with E-state index in [-0.39, 0.29) is 35.4 Å². The first-order chi connectivity index (χ1) is 16.0. The number of rotatable bonds is 5. The number of carbonyl (C=O) groups is 2. The van der Waals surface area contributed by atoms with Crippen molar-refractivity contribution in [2.75, 3.05) is 6.54 Å². The molecule has 1 aromatic carbocycles. The van der Waals surface area contributed by atoms with Gasteiger partial charge in [0, 0.05) is 23.7 Å². The highest BCUT2D eigenvalue weighted by Gasteiger charge is 2.45. The molecule has 8 nitrogen and oxygen atoms in total. The lowest BCUT2D eigenvalue weighted by molar-refractivity contribution is 0.0817. The van der Waals surface area contributed by atoms with Crippen molar-refractivity contribution >= 4 is 12.0 Å². The second-order valence-corrected chi connectivity index (χ2v) is 10.8. The lowest BCUT2D eigenvalue weighted by Crippen LogP contribution is -2.53. The maximum Gasteiger partial charge on any atom is 0.407 e. The van der Waals surface area contributed by atoms with E-state index in [0.29, 0.717) is 24.2 Å². The summed E-state index contributed by atoms with van der Waals surface area (Å²) in [5, 5.41) is 26.9. The molecule has 2 N–H and O–H groups in total. The van der Waals surface area contributed by atoms with Gasteiger partial charge in [0.05, 0.1) is 29.4 Å². The molecular formula is C26H33N5O3. The molecule has 8 heteroatoms. The molecule has 2 amide bonds. The van der Waals surface area contributed by atoms with E-state index < -0.39 is 6.09 Å². The zero-order chi connectivity index (χ0) is 24.8. The fourth-order valence-electron chi connectivity index (χ4n) is 5.19. The zero-order valence-electron chi connectivity index (χ0n) is 20.5. The molecule has 2 aromatic rings. The van der Waals surface area contributed by atoms with Gasteiger partial charge < -0.3 is 15.3 Å². The van der Waals surface area contributed by atoms with Gasteiger partial charge in [-0.1, -0.05) is 32.9 Å². The van der Waals surface area contributed by atoms with Crippen LogP contribution in [0.1, 0.15) is 87.5 Å². The molecule has 1 saturated heterocycles. The van der Waals surface area contributed by atoms with E-state index in [1.807, 2.05) is 46.8 Å². The van der Waals surface area contributed by atoms with E-state index in [1.165, 1.54) is 4.90 Å². The molecule has 2 aliphatic rings. The van der Waals surface area contributed by atoms with E-state index in [4.69, 9.17) is 10.4 Å². The van der Waals surface area contributed by atoms with Gasteiger partial charge >= 0.3 is 6.09 Å². The summed E-state index contributed by atoms with van der Waals surface area (Å²) in [4.78, 5) is 27.1. The maximum absolute atomic E-state index is 13.8. The van der Waals surface area contributed by atoms with Crippen LogP contribution in [-0.2, 0) is 0 Å². The third kappa shape index (κ3) is 4.39. The van der Waals surface area contributed by atoms with Gasteiger partial charge in [-0.05, 0) is 56.6 Å². The molecule has 1 saturated carbocycles. The Balaban J connectivity index is 1.73. The Morgan fingerprint density at radius 1 is 1.18 bits per heavy atom. The molecule has 1 aliphatic carbocycles. The third-order valence-corrected chi connectivity index (χ3v) is 6.77. The number of hydrogen-bond acceptors (Lipinski definition) is 4. The van der Waals surface area contributed by atoms with Gasteiger partial charge in [0.2, 0.25) is 0 Å². The van der Waals surface area contributed by atoms with E-state index in [0.717, 1.165) is 29.7 Å². The summed E-state index contributed by atoms with van der Waals surface area (Å²) < 4.78 is 1.80. The van der Waals surface area contributed by atoms with Crippen molar-refractivity contribution in [3.63, 3.8) is 0 Å². The number of likely N-dealkylation sites (tertiary alicyclic amines) is 1. The molecule has 2 atom stereocenters. The second kappa shape index (κ2) is 8.79. The van der Waals surface area contributed by atoms with Gasteiger partial charge in [-0.15, -0.1) is 0 Å². The highest BCUT2D eigenvalue weighted by Crippen LogP contribution is 2.46. The van der Waals surface area contributed by atoms with Crippen LogP contribution in [0.5, 0.6) is 0 Å². The molecular weight excluding hydrogens is 430 g/mol. The minimum atomic E-state index is -0.953. The summed E-state index contributed by atoms with van der Waals surface area (Å²) in [6.45, 7) is 10.4. The predicted molar refractivity (Wildman–Crippen MR) is 129 cm³/mol. The predicted octanol–water partition coefficient (Wildman–Crippen LogP) is 4.78. The number of benzene rings is 1. The minimum absolute atomic E-state index is 0.0251. The SMILES string of the molecule is CC(C)n1nc(-c2ccc(C#N)cc2)c(C2CC2)c1C(=O)N[C@H]1CCN(C(=O)O)C1C(C)(C)C. The van der Waals surface area contributed by atoms with Crippen LogP contribution in [0.4, 0.5) is 4.79 Å². The van der Waals surface area contributed by atoms with E-state index >= 15 is 0 Å². The fraction of sp³-hybridized carbons (Fsp3) is 0.538. The van der Waals surface area contributed by atoms with Crippen LogP contribution in [0, 0.1) is 16.7 Å². The lowest BCUT2D eigenvalue weighted by atomic mass is 9.82. The van der Waals surface area contributed by atoms with Gasteiger partial charge in [0.25, 0.3) is 5.91 Å². The van der Waals surface area contributed by atoms with Crippen LogP contribution in [0.15, 0.2) is 24.3 Å². The normalized spacial score (nSPS) is 20.4. The number of nitrogens with zero attached hydrogens (tertiary/aromatic N) is 4. The third-order valence-electron chi connectivity index (χ3n) is 6.77. The first-order valence-electron chi connectivity index (χ1n) is 12.0. The number of carbonyl (C=O) groups excluding carboxylic acids is 1. The van der Waals surface area contributed by atoms with Crippen molar-refractivity contribution in [1.82, 2.24) is 20.0 Å². The van der Waals surface area contributed by atoms with Gasteiger partial charge in [0.1, 0.15) is 5.69 Å². The van der Waals surface area contributed by atoms with Gasteiger partial charge in [-0.3, -0.25) is 9.48 Å². The first-order valence-corrected chi connectivity index (χ1v) is 12.0. The molecule has 1 aromatic heterocycles. The summed E-state index contributed by atoms with van der Waals surface area (Å²) in [6, 6.07) is 8.84. The van der Waals surface area contributed by atoms with Crippen molar-refractivity contribution in [2.24, 2.45) is 5.41 Å². The summed E-state index contributed by atoms with van der Waals surface area (Å²) >= 11 is 0. The van der Waals surface area contributed by atoms with Crippen LogP contribution in [0.2, 0.25) is 0 Å². The highest BCUT2D eigenvalue weighted by atomic mass is 16.4. The number of nitriles is 1. The molecule has 0 radical (unpaired) electrons. The molecule has 1 unspecified atom stereocenters. The van der Waals surface area contributed by atoms with Crippen LogP contribution in [-0.4, -0.2) is 50.4 Å². The number of amides is 2. The fourth-order valence-corrected chi connectivity index (χ4v) is 5.19. The van der Waals surface area contributed by atoms with Crippen LogP contribution in [0.25, 0.3) is 11.3 Å². The van der Waals surface area contributed by atoms with Crippen molar-refractivity contribution in [3.8, 4) is 17.3 Å². The standard InChI is InChI=1S/C26H33N5O3/c1-15(2)31-22(24(32)28-19-12-13-30(25(33)34)23(19)26(3,4)5)20(17-10-11-17)21(29-31)18-8-6-16(14-27)7-9-18/h6-9,15,17,19,23H,10-13H2,1-5H3,(H,28,32)(H,33,34)/t19-,23?/m0/s1. The average molecular weight is 464 g/mol. The number of hydrogen-bond donors (Lipinski definition) is 2. The molecule has 4 rings (SSSR count). The first kappa shape index (κ1) is 23.8.